The van der Waals surface area contributed by atoms with Gasteiger partial charge >= 0.3 is 0 Å². The zero-order valence-corrected chi connectivity index (χ0v) is 12.5. The molecule has 18 heavy (non-hydrogen) atoms. The first kappa shape index (κ1) is 15.2. The quantitative estimate of drug-likeness (QED) is 0.785. The second-order valence-electron chi connectivity index (χ2n) is 4.24. The van der Waals surface area contributed by atoms with Gasteiger partial charge in [0.2, 0.25) is 0 Å². The number of halogens is 1. The van der Waals surface area contributed by atoms with Crippen LogP contribution in [-0.4, -0.2) is 25.7 Å². The summed E-state index contributed by atoms with van der Waals surface area (Å²) in [5.74, 6) is -0.0355. The van der Waals surface area contributed by atoms with Crippen LogP contribution in [-0.2, 0) is 10.1 Å². The number of rotatable bonds is 7. The average molecular weight is 314 g/mol. The van der Waals surface area contributed by atoms with Crippen LogP contribution in [0.15, 0.2) is 24.3 Å². The van der Waals surface area contributed by atoms with Gasteiger partial charge in [-0.25, -0.2) is 0 Å². The van der Waals surface area contributed by atoms with Crippen LogP contribution < -0.4 is 5.32 Å². The third-order valence-corrected chi connectivity index (χ3v) is 3.36. The molecule has 1 unspecified atom stereocenters. The van der Waals surface area contributed by atoms with Crippen molar-refractivity contribution >= 4 is 21.8 Å². The lowest BCUT2D eigenvalue weighted by atomic mass is 10.1. The fraction of sp³-hybridized carbons (Fsp3) is 0.500. The van der Waals surface area contributed by atoms with Crippen LogP contribution in [0.25, 0.3) is 0 Å². The molecule has 1 rings (SSSR count). The summed E-state index contributed by atoms with van der Waals surface area (Å²) in [7, 11) is 1.65. The Balaban J connectivity index is 2.61. The summed E-state index contributed by atoms with van der Waals surface area (Å²) in [6, 6.07) is 7.69. The number of alkyl halides is 1. The van der Waals surface area contributed by atoms with Crippen molar-refractivity contribution in [3.8, 4) is 0 Å². The second kappa shape index (κ2) is 8.27. The van der Waals surface area contributed by atoms with E-state index in [1.165, 1.54) is 0 Å². The van der Waals surface area contributed by atoms with Gasteiger partial charge in [-0.05, 0) is 24.1 Å². The zero-order valence-electron chi connectivity index (χ0n) is 10.9. The third kappa shape index (κ3) is 4.78. The molecular formula is C14H20BrNO2. The first-order chi connectivity index (χ1) is 8.71. The molecule has 1 amide bonds. The van der Waals surface area contributed by atoms with Crippen molar-refractivity contribution in [2.45, 2.75) is 31.1 Å². The van der Waals surface area contributed by atoms with Gasteiger partial charge in [0, 0.05) is 18.0 Å². The minimum Gasteiger partial charge on any atom is -0.383 e. The summed E-state index contributed by atoms with van der Waals surface area (Å²) in [5.41, 5.74) is 1.85. The Labute approximate surface area is 117 Å². The Morgan fingerprint density at radius 3 is 2.56 bits per heavy atom. The van der Waals surface area contributed by atoms with Crippen molar-refractivity contribution in [2.75, 3.05) is 13.7 Å². The molecule has 0 aliphatic carbocycles. The molecule has 0 saturated carbocycles. The summed E-state index contributed by atoms with van der Waals surface area (Å²) in [4.78, 5) is 12.0. The topological polar surface area (TPSA) is 38.3 Å². The lowest BCUT2D eigenvalue weighted by Crippen LogP contribution is -2.37. The maximum Gasteiger partial charge on any atom is 0.251 e. The molecule has 0 bridgehead atoms. The molecule has 0 spiro atoms. The Kier molecular flexibility index (Phi) is 6.98. The molecule has 0 fully saturated rings. The zero-order chi connectivity index (χ0) is 13.4. The van der Waals surface area contributed by atoms with Crippen LogP contribution >= 0.6 is 15.9 Å². The predicted molar refractivity (Wildman–Crippen MR) is 77.1 cm³/mol. The van der Waals surface area contributed by atoms with Gasteiger partial charge in [-0.15, -0.1) is 0 Å². The van der Waals surface area contributed by atoms with Crippen molar-refractivity contribution in [1.29, 1.82) is 0 Å². The number of methoxy groups -OCH3 is 1. The number of ether oxygens (including phenoxy) is 1. The maximum absolute atomic E-state index is 12.0. The Bertz CT molecular complexity index is 359. The largest absolute Gasteiger partial charge is 0.383 e. The molecule has 0 aliphatic rings. The SMILES string of the molecule is CCCC(COC)NC(=O)c1ccc(CBr)cc1. The Morgan fingerprint density at radius 1 is 1.39 bits per heavy atom. The molecule has 1 N–H and O–H groups in total. The molecule has 0 saturated heterocycles. The summed E-state index contributed by atoms with van der Waals surface area (Å²) in [6.07, 6.45) is 1.95. The molecule has 1 atom stereocenters. The van der Waals surface area contributed by atoms with Crippen LogP contribution in [0.5, 0.6) is 0 Å². The molecule has 0 radical (unpaired) electrons. The van der Waals surface area contributed by atoms with E-state index in [9.17, 15) is 4.79 Å². The molecule has 0 aliphatic heterocycles. The van der Waals surface area contributed by atoms with Crippen LogP contribution in [0.1, 0.15) is 35.7 Å². The number of hydrogen-bond acceptors (Lipinski definition) is 2. The predicted octanol–water partition coefficient (Wildman–Crippen LogP) is 3.13. The van der Waals surface area contributed by atoms with Gasteiger partial charge in [-0.1, -0.05) is 41.4 Å². The van der Waals surface area contributed by atoms with Crippen molar-refractivity contribution in [3.63, 3.8) is 0 Å². The van der Waals surface area contributed by atoms with E-state index in [-0.39, 0.29) is 11.9 Å². The van der Waals surface area contributed by atoms with Crippen LogP contribution in [0, 0.1) is 0 Å². The van der Waals surface area contributed by atoms with Crippen molar-refractivity contribution in [1.82, 2.24) is 5.32 Å². The van der Waals surface area contributed by atoms with Gasteiger partial charge in [0.15, 0.2) is 0 Å². The average Bonchev–Trinajstić information content (AvgIpc) is 2.39. The smallest absolute Gasteiger partial charge is 0.251 e. The first-order valence-corrected chi connectivity index (χ1v) is 7.28. The second-order valence-corrected chi connectivity index (χ2v) is 4.81. The van der Waals surface area contributed by atoms with E-state index in [1.54, 1.807) is 7.11 Å². The third-order valence-electron chi connectivity index (χ3n) is 2.71. The van der Waals surface area contributed by atoms with Gasteiger partial charge in [0.25, 0.3) is 5.91 Å². The number of carbonyl (C=O) groups excluding carboxylic acids is 1. The lowest BCUT2D eigenvalue weighted by molar-refractivity contribution is 0.0891. The normalized spacial score (nSPS) is 12.2. The number of benzene rings is 1. The van der Waals surface area contributed by atoms with Gasteiger partial charge < -0.3 is 10.1 Å². The highest BCUT2D eigenvalue weighted by Crippen LogP contribution is 2.08. The van der Waals surface area contributed by atoms with Crippen molar-refractivity contribution in [3.05, 3.63) is 35.4 Å². The Morgan fingerprint density at radius 2 is 2.06 bits per heavy atom. The summed E-state index contributed by atoms with van der Waals surface area (Å²) >= 11 is 3.38. The van der Waals surface area contributed by atoms with E-state index in [2.05, 4.69) is 28.2 Å². The van der Waals surface area contributed by atoms with E-state index in [0.29, 0.717) is 12.2 Å². The number of nitrogens with one attached hydrogen (secondary N) is 1. The minimum atomic E-state index is -0.0355. The number of hydrogen-bond donors (Lipinski definition) is 1. The number of amides is 1. The highest BCUT2D eigenvalue weighted by atomic mass is 79.9. The van der Waals surface area contributed by atoms with E-state index in [0.717, 1.165) is 23.7 Å². The summed E-state index contributed by atoms with van der Waals surface area (Å²) < 4.78 is 5.11. The van der Waals surface area contributed by atoms with Gasteiger partial charge in [0.05, 0.1) is 12.6 Å². The van der Waals surface area contributed by atoms with Crippen molar-refractivity contribution < 1.29 is 9.53 Å². The fourth-order valence-corrected chi connectivity index (χ4v) is 2.13. The van der Waals surface area contributed by atoms with E-state index < -0.39 is 0 Å². The van der Waals surface area contributed by atoms with E-state index >= 15 is 0 Å². The standard InChI is InChI=1S/C14H20BrNO2/c1-3-4-13(10-18-2)16-14(17)12-7-5-11(9-15)6-8-12/h5-8,13H,3-4,9-10H2,1-2H3,(H,16,17). The fourth-order valence-electron chi connectivity index (χ4n) is 1.76. The first-order valence-electron chi connectivity index (χ1n) is 6.16. The molecular weight excluding hydrogens is 294 g/mol. The monoisotopic (exact) mass is 313 g/mol. The minimum absolute atomic E-state index is 0.0355. The van der Waals surface area contributed by atoms with E-state index in [4.69, 9.17) is 4.74 Å². The summed E-state index contributed by atoms with van der Waals surface area (Å²) in [5, 5.41) is 3.80. The molecule has 100 valence electrons. The molecule has 1 aromatic rings. The molecule has 1 aromatic carbocycles. The highest BCUT2D eigenvalue weighted by molar-refractivity contribution is 9.08. The molecule has 3 nitrogen and oxygen atoms in total. The van der Waals surface area contributed by atoms with Crippen molar-refractivity contribution in [2.24, 2.45) is 0 Å². The van der Waals surface area contributed by atoms with Crippen LogP contribution in [0.4, 0.5) is 0 Å². The maximum atomic E-state index is 12.0. The molecule has 0 aromatic heterocycles. The van der Waals surface area contributed by atoms with E-state index in [1.807, 2.05) is 24.3 Å². The summed E-state index contributed by atoms with van der Waals surface area (Å²) in [6.45, 7) is 2.65. The molecule has 4 heteroatoms. The van der Waals surface area contributed by atoms with Crippen LogP contribution in [0.3, 0.4) is 0 Å². The van der Waals surface area contributed by atoms with Gasteiger partial charge in [-0.3, -0.25) is 4.79 Å². The van der Waals surface area contributed by atoms with Gasteiger partial charge in [0.1, 0.15) is 0 Å². The Hall–Kier alpha value is -0.870. The number of carbonyl (C=O) groups is 1. The molecule has 0 heterocycles. The lowest BCUT2D eigenvalue weighted by Gasteiger charge is -2.17. The van der Waals surface area contributed by atoms with Crippen LogP contribution in [0.2, 0.25) is 0 Å². The highest BCUT2D eigenvalue weighted by Gasteiger charge is 2.12. The van der Waals surface area contributed by atoms with Gasteiger partial charge in [-0.2, -0.15) is 0 Å².